The minimum absolute atomic E-state index is 0.0124. The fraction of sp³-hybridized carbons (Fsp3) is 0.429. The Balaban J connectivity index is 1.58. The van der Waals surface area contributed by atoms with Crippen molar-refractivity contribution in [2.75, 3.05) is 45.2 Å². The second kappa shape index (κ2) is 12.3. The highest BCUT2D eigenvalue weighted by atomic mass is 16.3. The highest BCUT2D eigenvalue weighted by Gasteiger charge is 2.48. The third-order valence-electron chi connectivity index (χ3n) is 6.54. The lowest BCUT2D eigenvalue weighted by Crippen LogP contribution is -2.35. The molecule has 0 heterocycles. The number of aliphatic imine (C=N–C) groups is 1. The second-order valence-corrected chi connectivity index (χ2v) is 9.33. The van der Waals surface area contributed by atoms with E-state index in [4.69, 9.17) is 5.11 Å². The maximum atomic E-state index is 13.0. The molecule has 1 aromatic carbocycles. The molecule has 2 aliphatic carbocycles. The van der Waals surface area contributed by atoms with Gasteiger partial charge < -0.3 is 25.4 Å². The first-order valence-electron chi connectivity index (χ1n) is 12.4. The first kappa shape index (κ1) is 26.9. The quantitative estimate of drug-likeness (QED) is 0.165. The number of anilines is 1. The Hall–Kier alpha value is -3.68. The van der Waals surface area contributed by atoms with Gasteiger partial charge in [-0.3, -0.25) is 9.59 Å². The van der Waals surface area contributed by atoms with Gasteiger partial charge in [0.2, 0.25) is 5.91 Å². The highest BCUT2D eigenvalue weighted by molar-refractivity contribution is 6.30. The Morgan fingerprint density at radius 3 is 2.42 bits per heavy atom. The predicted molar refractivity (Wildman–Crippen MR) is 142 cm³/mol. The van der Waals surface area contributed by atoms with Gasteiger partial charge in [0.05, 0.1) is 0 Å². The molecule has 0 radical (unpaired) electrons. The first-order chi connectivity index (χ1) is 17.2. The van der Waals surface area contributed by atoms with Crippen molar-refractivity contribution in [2.24, 2.45) is 16.8 Å². The molecule has 1 aromatic rings. The van der Waals surface area contributed by atoms with Crippen molar-refractivity contribution in [1.29, 1.82) is 0 Å². The highest BCUT2D eigenvalue weighted by Crippen LogP contribution is 2.42. The number of carbonyl (C=O) groups excluding carboxylic acids is 2. The second-order valence-electron chi connectivity index (χ2n) is 9.33. The van der Waals surface area contributed by atoms with Crippen LogP contribution in [0.2, 0.25) is 0 Å². The number of Topliss-reactive ketones (excluding diaryl/α,β-unsaturated/α-hetero) is 1. The lowest BCUT2D eigenvalue weighted by molar-refractivity contribution is -0.496. The number of allylic oxidation sites excluding steroid dienone is 6. The normalized spacial score (nSPS) is 19.4. The fourth-order valence-electron chi connectivity index (χ4n) is 4.44. The fourth-order valence-corrected chi connectivity index (χ4v) is 4.44. The summed E-state index contributed by atoms with van der Waals surface area (Å²) < 4.78 is 2.12. The molecule has 1 atom stereocenters. The summed E-state index contributed by atoms with van der Waals surface area (Å²) in [5, 5.41) is 22.3. The van der Waals surface area contributed by atoms with Crippen molar-refractivity contribution in [3.63, 3.8) is 0 Å². The Bertz CT molecular complexity index is 1110. The van der Waals surface area contributed by atoms with Gasteiger partial charge in [0, 0.05) is 63.8 Å². The van der Waals surface area contributed by atoms with Crippen LogP contribution in [0.25, 0.3) is 5.57 Å². The third kappa shape index (κ3) is 6.71. The molecule has 3 N–H and O–H groups in total. The topological polar surface area (TPSA) is 111 Å². The molecule has 0 saturated carbocycles. The molecule has 0 saturated heterocycles. The smallest absolute Gasteiger partial charge is 0.252 e. The average Bonchev–Trinajstić information content (AvgIpc) is 2.85. The van der Waals surface area contributed by atoms with Crippen LogP contribution in [0.15, 0.2) is 59.3 Å². The molecule has 192 valence electrons. The Morgan fingerprint density at radius 1 is 1.17 bits per heavy atom. The molecule has 0 aromatic heterocycles. The standard InChI is InChI=1S/C28H36N4O4/c1-19(33)29-15-5-17-31(3)23-11-7-21(8-12-23)25-27(35)26(28(25)36)22-9-13-24(14-10-22)32(4)18-6-16-30-20(2)34/h7-14,21,25H,5-6,15-18H2,1-4H3,(H2-,29,30,33,34,35,36)/p+1. The number of amides is 1. The summed E-state index contributed by atoms with van der Waals surface area (Å²) in [5.41, 5.74) is 3.34. The van der Waals surface area contributed by atoms with Crippen LogP contribution in [-0.4, -0.2) is 73.3 Å². The number of carbonyl (C=O) groups is 2. The molecule has 2 aliphatic rings. The van der Waals surface area contributed by atoms with Crippen LogP contribution in [0.1, 0.15) is 32.3 Å². The van der Waals surface area contributed by atoms with Crippen LogP contribution in [-0.2, 0) is 9.59 Å². The van der Waals surface area contributed by atoms with Crippen molar-refractivity contribution in [3.05, 3.63) is 59.9 Å². The molecular formula is C28H37N4O4+. The molecule has 0 unspecified atom stereocenters. The van der Waals surface area contributed by atoms with Gasteiger partial charge in [-0.05, 0) is 36.9 Å². The van der Waals surface area contributed by atoms with Gasteiger partial charge in [-0.1, -0.05) is 24.3 Å². The Labute approximate surface area is 213 Å². The van der Waals surface area contributed by atoms with Crippen molar-refractivity contribution < 1.29 is 24.4 Å². The van der Waals surface area contributed by atoms with Crippen molar-refractivity contribution in [2.45, 2.75) is 26.7 Å². The minimum atomic E-state index is -0.438. The van der Waals surface area contributed by atoms with E-state index in [0.717, 1.165) is 42.9 Å². The van der Waals surface area contributed by atoms with Crippen molar-refractivity contribution >= 4 is 34.6 Å². The van der Waals surface area contributed by atoms with E-state index in [2.05, 4.69) is 19.8 Å². The van der Waals surface area contributed by atoms with Gasteiger partial charge >= 0.3 is 0 Å². The molecule has 1 amide bonds. The third-order valence-corrected chi connectivity index (χ3v) is 6.54. The van der Waals surface area contributed by atoms with Crippen LogP contribution < -0.4 is 15.3 Å². The summed E-state index contributed by atoms with van der Waals surface area (Å²) in [4.78, 5) is 30.0. The Morgan fingerprint density at radius 2 is 1.83 bits per heavy atom. The average molecular weight is 494 g/mol. The number of hydrogen-bond donors (Lipinski definition) is 1. The van der Waals surface area contributed by atoms with Gasteiger partial charge in [-0.25, -0.2) is 4.58 Å². The summed E-state index contributed by atoms with van der Waals surface area (Å²) in [6.07, 6.45) is 9.66. The van der Waals surface area contributed by atoms with E-state index in [1.54, 1.807) is 0 Å². The lowest BCUT2D eigenvalue weighted by Gasteiger charge is -2.29. The van der Waals surface area contributed by atoms with Gasteiger partial charge in [-0.15, -0.1) is 0 Å². The van der Waals surface area contributed by atoms with Crippen LogP contribution in [0.5, 0.6) is 0 Å². The molecule has 36 heavy (non-hydrogen) atoms. The van der Waals surface area contributed by atoms with Gasteiger partial charge in [-0.2, -0.15) is 0 Å². The van der Waals surface area contributed by atoms with Gasteiger partial charge in [0.25, 0.3) is 5.76 Å². The van der Waals surface area contributed by atoms with E-state index in [1.165, 1.54) is 13.8 Å². The van der Waals surface area contributed by atoms with Crippen LogP contribution in [0, 0.1) is 11.8 Å². The zero-order valence-corrected chi connectivity index (χ0v) is 21.6. The summed E-state index contributed by atoms with van der Waals surface area (Å²) in [6, 6.07) is 7.72. The van der Waals surface area contributed by atoms with Gasteiger partial charge in [0.1, 0.15) is 25.1 Å². The van der Waals surface area contributed by atoms with E-state index in [1.807, 2.05) is 62.7 Å². The SMILES string of the molecule is CC(=O)NCCC[N+](C)=C1C=CC([C@H]2C(=O)C(c3ccc(N(C)CCCN=C(C)[O-])cc3)=C2[OH2+])C=C1. The molecule has 0 spiro atoms. The van der Waals surface area contributed by atoms with E-state index in [0.29, 0.717) is 24.4 Å². The predicted octanol–water partition coefficient (Wildman–Crippen LogP) is 1.28. The number of ketones is 1. The lowest BCUT2D eigenvalue weighted by atomic mass is 9.71. The maximum Gasteiger partial charge on any atom is 0.252 e. The van der Waals surface area contributed by atoms with E-state index in [9.17, 15) is 14.7 Å². The molecule has 8 nitrogen and oxygen atoms in total. The summed E-state index contributed by atoms with van der Waals surface area (Å²) in [5.74, 6) is -0.323. The maximum absolute atomic E-state index is 13.0. The summed E-state index contributed by atoms with van der Waals surface area (Å²) >= 11 is 0. The summed E-state index contributed by atoms with van der Waals surface area (Å²) in [6.45, 7) is 5.71. The van der Waals surface area contributed by atoms with Crippen LogP contribution in [0.3, 0.4) is 0 Å². The zero-order valence-electron chi connectivity index (χ0n) is 21.6. The summed E-state index contributed by atoms with van der Waals surface area (Å²) in [7, 11) is 3.99. The number of nitrogens with one attached hydrogen (secondary N) is 1. The van der Waals surface area contributed by atoms with Crippen molar-refractivity contribution in [3.8, 4) is 0 Å². The molecule has 3 rings (SSSR count). The van der Waals surface area contributed by atoms with Crippen molar-refractivity contribution in [1.82, 2.24) is 5.32 Å². The monoisotopic (exact) mass is 493 g/mol. The number of nitrogens with zero attached hydrogens (tertiary/aromatic N) is 3. The molecule has 0 aliphatic heterocycles. The minimum Gasteiger partial charge on any atom is -0.862 e. The largest absolute Gasteiger partial charge is 0.862 e. The molecule has 0 bridgehead atoms. The number of benzene rings is 1. The molecule has 8 heteroatoms. The van der Waals surface area contributed by atoms with E-state index in [-0.39, 0.29) is 23.5 Å². The number of rotatable bonds is 11. The molecular weight excluding hydrogens is 456 g/mol. The zero-order chi connectivity index (χ0) is 26.2. The number of hydrogen-bond acceptors (Lipinski definition) is 5. The van der Waals surface area contributed by atoms with Crippen LogP contribution in [0.4, 0.5) is 5.69 Å². The molecule has 0 fully saturated rings. The Kier molecular flexibility index (Phi) is 9.22. The first-order valence-corrected chi connectivity index (χ1v) is 12.4. The van der Waals surface area contributed by atoms with E-state index >= 15 is 0 Å². The van der Waals surface area contributed by atoms with E-state index < -0.39 is 5.92 Å². The van der Waals surface area contributed by atoms with Crippen LogP contribution >= 0.6 is 0 Å². The van der Waals surface area contributed by atoms with Gasteiger partial charge in [0.15, 0.2) is 11.5 Å².